The fourth-order valence-electron chi connectivity index (χ4n) is 4.32. The van der Waals surface area contributed by atoms with Crippen molar-refractivity contribution in [3.8, 4) is 0 Å². The van der Waals surface area contributed by atoms with Gasteiger partial charge >= 0.3 is 0 Å². The number of rotatable bonds is 2. The second-order valence-corrected chi connectivity index (χ2v) is 6.95. The predicted molar refractivity (Wildman–Crippen MR) is 106 cm³/mol. The van der Waals surface area contributed by atoms with Crippen molar-refractivity contribution in [3.05, 3.63) is 72.3 Å². The normalized spacial score (nSPS) is 13.4. The molecule has 0 nitrogen and oxygen atoms in total. The van der Waals surface area contributed by atoms with Crippen LogP contribution in [0.15, 0.2) is 66.7 Å². The van der Waals surface area contributed by atoms with E-state index in [-0.39, 0.29) is 0 Å². The molecule has 5 aromatic rings. The SMILES string of the molecule is CCC(C)c1ccc2c3cccc4cccc(c5cccc1c52)c43. The molecular formula is C24H20. The average Bonchev–Trinajstić information content (AvgIpc) is 2.65. The first kappa shape index (κ1) is 13.8. The molecule has 0 N–H and O–H groups in total. The first-order valence-electron chi connectivity index (χ1n) is 8.87. The average molecular weight is 308 g/mol. The van der Waals surface area contributed by atoms with Gasteiger partial charge < -0.3 is 0 Å². The summed E-state index contributed by atoms with van der Waals surface area (Å²) in [4.78, 5) is 0. The highest BCUT2D eigenvalue weighted by Crippen LogP contribution is 2.42. The van der Waals surface area contributed by atoms with Gasteiger partial charge in [0.15, 0.2) is 0 Å². The molecule has 0 radical (unpaired) electrons. The fourth-order valence-corrected chi connectivity index (χ4v) is 4.32. The second-order valence-electron chi connectivity index (χ2n) is 6.95. The van der Waals surface area contributed by atoms with Gasteiger partial charge in [0, 0.05) is 0 Å². The van der Waals surface area contributed by atoms with Crippen molar-refractivity contribution in [2.45, 2.75) is 26.2 Å². The third kappa shape index (κ3) is 1.69. The molecule has 1 atom stereocenters. The maximum absolute atomic E-state index is 2.35. The van der Waals surface area contributed by atoms with Crippen LogP contribution in [-0.2, 0) is 0 Å². The zero-order valence-electron chi connectivity index (χ0n) is 14.1. The van der Waals surface area contributed by atoms with E-state index in [4.69, 9.17) is 0 Å². The van der Waals surface area contributed by atoms with Crippen LogP contribution < -0.4 is 0 Å². The van der Waals surface area contributed by atoms with Gasteiger partial charge in [-0.2, -0.15) is 0 Å². The molecule has 0 aliphatic carbocycles. The maximum atomic E-state index is 2.35. The van der Waals surface area contributed by atoms with Crippen molar-refractivity contribution in [3.63, 3.8) is 0 Å². The van der Waals surface area contributed by atoms with E-state index >= 15 is 0 Å². The first-order chi connectivity index (χ1) is 11.8. The Morgan fingerprint density at radius 1 is 0.625 bits per heavy atom. The molecule has 0 amide bonds. The molecule has 0 bridgehead atoms. The zero-order valence-corrected chi connectivity index (χ0v) is 14.1. The molecule has 5 aromatic carbocycles. The van der Waals surface area contributed by atoms with Crippen molar-refractivity contribution in [2.24, 2.45) is 0 Å². The van der Waals surface area contributed by atoms with Gasteiger partial charge in [-0.25, -0.2) is 0 Å². The quantitative estimate of drug-likeness (QED) is 0.238. The van der Waals surface area contributed by atoms with Crippen LogP contribution in [0.4, 0.5) is 0 Å². The molecular weight excluding hydrogens is 288 g/mol. The van der Waals surface area contributed by atoms with Gasteiger partial charge in [-0.15, -0.1) is 0 Å². The summed E-state index contributed by atoms with van der Waals surface area (Å²) in [7, 11) is 0. The van der Waals surface area contributed by atoms with Crippen molar-refractivity contribution in [1.82, 2.24) is 0 Å². The van der Waals surface area contributed by atoms with E-state index < -0.39 is 0 Å². The number of fused-ring (bicyclic) bond motifs is 2. The van der Waals surface area contributed by atoms with Crippen molar-refractivity contribution < 1.29 is 0 Å². The Morgan fingerprint density at radius 2 is 1.17 bits per heavy atom. The minimum atomic E-state index is 0.585. The molecule has 24 heavy (non-hydrogen) atoms. The van der Waals surface area contributed by atoms with E-state index in [9.17, 15) is 0 Å². The van der Waals surface area contributed by atoms with Gasteiger partial charge in [0.1, 0.15) is 0 Å². The smallest absolute Gasteiger partial charge is 0.00235 e. The molecule has 0 aromatic heterocycles. The molecule has 0 saturated heterocycles. The van der Waals surface area contributed by atoms with Crippen LogP contribution in [0.5, 0.6) is 0 Å². The van der Waals surface area contributed by atoms with Crippen LogP contribution in [-0.4, -0.2) is 0 Å². The lowest BCUT2D eigenvalue weighted by molar-refractivity contribution is 0.740. The number of benzene rings is 5. The van der Waals surface area contributed by atoms with Crippen molar-refractivity contribution in [2.75, 3.05) is 0 Å². The van der Waals surface area contributed by atoms with E-state index in [1.54, 1.807) is 0 Å². The maximum Gasteiger partial charge on any atom is -0.00235 e. The van der Waals surface area contributed by atoms with E-state index in [1.165, 1.54) is 55.1 Å². The third-order valence-corrected chi connectivity index (χ3v) is 5.70. The lowest BCUT2D eigenvalue weighted by Gasteiger charge is -2.18. The summed E-state index contributed by atoms with van der Waals surface area (Å²) < 4.78 is 0. The molecule has 0 fully saturated rings. The van der Waals surface area contributed by atoms with Crippen LogP contribution in [0, 0.1) is 0 Å². The molecule has 116 valence electrons. The summed E-state index contributed by atoms with van der Waals surface area (Å²) in [5, 5.41) is 11.1. The molecule has 0 saturated carbocycles. The Morgan fingerprint density at radius 3 is 1.83 bits per heavy atom. The largest absolute Gasteiger partial charge is 0.0648 e. The van der Waals surface area contributed by atoms with Crippen LogP contribution in [0.2, 0.25) is 0 Å². The van der Waals surface area contributed by atoms with Gasteiger partial charge in [0.2, 0.25) is 0 Å². The van der Waals surface area contributed by atoms with Gasteiger partial charge in [-0.3, -0.25) is 0 Å². The predicted octanol–water partition coefficient (Wildman–Crippen LogP) is 7.25. The van der Waals surface area contributed by atoms with Crippen LogP contribution in [0.25, 0.3) is 43.1 Å². The fraction of sp³-hybridized carbons (Fsp3) is 0.167. The highest BCUT2D eigenvalue weighted by atomic mass is 14.2. The van der Waals surface area contributed by atoms with E-state index in [0.717, 1.165) is 0 Å². The minimum absolute atomic E-state index is 0.585. The van der Waals surface area contributed by atoms with Crippen LogP contribution >= 0.6 is 0 Å². The molecule has 1 unspecified atom stereocenters. The van der Waals surface area contributed by atoms with Gasteiger partial charge in [-0.05, 0) is 61.0 Å². The topological polar surface area (TPSA) is 0 Å². The summed E-state index contributed by atoms with van der Waals surface area (Å²) in [6.07, 6.45) is 1.17. The van der Waals surface area contributed by atoms with Crippen LogP contribution in [0.1, 0.15) is 31.7 Å². The highest BCUT2D eigenvalue weighted by Gasteiger charge is 2.15. The standard InChI is InChI=1S/C24H20/c1-3-15(2)17-13-14-22-20-10-5-8-16-7-4-9-19(23(16)20)21-12-6-11-18(17)24(21)22/h4-15H,3H2,1-2H3. The van der Waals surface area contributed by atoms with E-state index in [0.29, 0.717) is 5.92 Å². The van der Waals surface area contributed by atoms with E-state index in [1.807, 2.05) is 0 Å². The van der Waals surface area contributed by atoms with Gasteiger partial charge in [-0.1, -0.05) is 80.6 Å². The highest BCUT2D eigenvalue weighted by molar-refractivity contribution is 6.33. The molecule has 0 spiro atoms. The Labute approximate surface area is 142 Å². The number of hydrogen-bond acceptors (Lipinski definition) is 0. The minimum Gasteiger partial charge on any atom is -0.0648 e. The lowest BCUT2D eigenvalue weighted by atomic mass is 9.85. The summed E-state index contributed by atoms with van der Waals surface area (Å²) in [6, 6.07) is 24.9. The van der Waals surface area contributed by atoms with Gasteiger partial charge in [0.05, 0.1) is 0 Å². The van der Waals surface area contributed by atoms with Gasteiger partial charge in [0.25, 0.3) is 0 Å². The second kappa shape index (κ2) is 4.95. The summed E-state index contributed by atoms with van der Waals surface area (Å²) in [5.41, 5.74) is 1.48. The Bertz CT molecular complexity index is 1150. The molecule has 0 heteroatoms. The Kier molecular flexibility index (Phi) is 2.84. The van der Waals surface area contributed by atoms with Crippen LogP contribution in [0.3, 0.4) is 0 Å². The first-order valence-corrected chi connectivity index (χ1v) is 8.87. The molecule has 0 heterocycles. The zero-order chi connectivity index (χ0) is 16.3. The van der Waals surface area contributed by atoms with E-state index in [2.05, 4.69) is 80.6 Å². The van der Waals surface area contributed by atoms with Crippen molar-refractivity contribution in [1.29, 1.82) is 0 Å². The summed E-state index contributed by atoms with van der Waals surface area (Å²) >= 11 is 0. The summed E-state index contributed by atoms with van der Waals surface area (Å²) in [6.45, 7) is 4.61. The molecule has 0 aliphatic heterocycles. The third-order valence-electron chi connectivity index (χ3n) is 5.70. The molecule has 5 rings (SSSR count). The Hall–Kier alpha value is -2.60. The summed E-state index contributed by atoms with van der Waals surface area (Å²) in [5.74, 6) is 0.585. The van der Waals surface area contributed by atoms with Crippen molar-refractivity contribution >= 4 is 43.1 Å². The lowest BCUT2D eigenvalue weighted by Crippen LogP contribution is -1.95. The monoisotopic (exact) mass is 308 g/mol. The number of hydrogen-bond donors (Lipinski definition) is 0. The Balaban J connectivity index is 2.12. The molecule has 0 aliphatic rings.